The normalized spacial score (nSPS) is 32.3. The lowest BCUT2D eigenvalue weighted by atomic mass is 9.66. The van der Waals surface area contributed by atoms with Crippen molar-refractivity contribution in [2.75, 3.05) is 13.2 Å². The summed E-state index contributed by atoms with van der Waals surface area (Å²) < 4.78 is 11.6. The van der Waals surface area contributed by atoms with Gasteiger partial charge in [-0.15, -0.1) is 0 Å². The van der Waals surface area contributed by atoms with Gasteiger partial charge < -0.3 is 19.7 Å². The molecule has 0 radical (unpaired) electrons. The number of rotatable bonds is 7. The Labute approximate surface area is 157 Å². The Bertz CT molecular complexity index is 557. The minimum atomic E-state index is -0.761. The van der Waals surface area contributed by atoms with Gasteiger partial charge in [0.05, 0.1) is 12.2 Å². The minimum Gasteiger partial charge on any atom is -0.465 e. The van der Waals surface area contributed by atoms with Gasteiger partial charge >= 0.3 is 0 Å². The lowest BCUT2D eigenvalue weighted by Gasteiger charge is -2.42. The molecular weight excluding hydrogens is 328 g/mol. The number of aliphatic hydroxyl groups is 2. The van der Waals surface area contributed by atoms with Gasteiger partial charge in [-0.3, -0.25) is 0 Å². The van der Waals surface area contributed by atoms with Crippen LogP contribution in [0.5, 0.6) is 5.75 Å². The largest absolute Gasteiger partial charge is 0.465 e. The maximum Gasteiger partial charge on any atom is 0.199 e. The SMILES string of the molecule is CC1(CCCCO)CCC(O)(c2cccc(OC3CCCCO3)c2)CC1. The summed E-state index contributed by atoms with van der Waals surface area (Å²) in [6.07, 6.45) is 9.70. The predicted molar refractivity (Wildman–Crippen MR) is 102 cm³/mol. The molecule has 1 aliphatic carbocycles. The standard InChI is InChI=1S/C22H34O4/c1-21(10-3-4-15-23)11-13-22(24,14-12-21)18-7-6-8-19(17-18)26-20-9-2-5-16-25-20/h6-8,17,20,23-24H,2-5,9-16H2,1H3. The molecule has 1 aliphatic heterocycles. The zero-order valence-electron chi connectivity index (χ0n) is 16.1. The van der Waals surface area contributed by atoms with Crippen molar-refractivity contribution in [3.63, 3.8) is 0 Å². The second kappa shape index (κ2) is 8.73. The van der Waals surface area contributed by atoms with Crippen LogP contribution in [0.1, 0.15) is 76.7 Å². The molecule has 0 amide bonds. The van der Waals surface area contributed by atoms with Gasteiger partial charge in [0, 0.05) is 13.0 Å². The Hall–Kier alpha value is -1.10. The Morgan fingerprint density at radius 2 is 1.96 bits per heavy atom. The molecule has 1 heterocycles. The molecule has 1 aromatic carbocycles. The molecule has 1 atom stereocenters. The third-order valence-corrected chi connectivity index (χ3v) is 6.25. The van der Waals surface area contributed by atoms with E-state index in [9.17, 15) is 5.11 Å². The number of hydrogen-bond acceptors (Lipinski definition) is 4. The molecule has 3 rings (SSSR count). The second-order valence-corrected chi connectivity index (χ2v) is 8.46. The number of benzene rings is 1. The van der Waals surface area contributed by atoms with Crippen molar-refractivity contribution in [2.45, 2.75) is 83.0 Å². The van der Waals surface area contributed by atoms with Crippen LogP contribution in [0.3, 0.4) is 0 Å². The Balaban J connectivity index is 1.60. The molecule has 1 saturated carbocycles. The number of hydrogen-bond donors (Lipinski definition) is 2. The lowest BCUT2D eigenvalue weighted by Crippen LogP contribution is -2.36. The van der Waals surface area contributed by atoms with Crippen LogP contribution in [0.4, 0.5) is 0 Å². The zero-order valence-corrected chi connectivity index (χ0v) is 16.1. The van der Waals surface area contributed by atoms with Crippen molar-refractivity contribution >= 4 is 0 Å². The van der Waals surface area contributed by atoms with Gasteiger partial charge in [-0.25, -0.2) is 0 Å². The Kier molecular flexibility index (Phi) is 6.60. The van der Waals surface area contributed by atoms with E-state index in [2.05, 4.69) is 6.92 Å². The molecule has 2 N–H and O–H groups in total. The van der Waals surface area contributed by atoms with E-state index in [-0.39, 0.29) is 18.3 Å². The van der Waals surface area contributed by atoms with Crippen molar-refractivity contribution in [3.05, 3.63) is 29.8 Å². The highest BCUT2D eigenvalue weighted by molar-refractivity contribution is 5.33. The van der Waals surface area contributed by atoms with Gasteiger partial charge in [0.15, 0.2) is 6.29 Å². The van der Waals surface area contributed by atoms with Crippen molar-refractivity contribution < 1.29 is 19.7 Å². The summed E-state index contributed by atoms with van der Waals surface area (Å²) in [5.74, 6) is 0.791. The third kappa shape index (κ3) is 4.99. The number of ether oxygens (including phenoxy) is 2. The summed E-state index contributed by atoms with van der Waals surface area (Å²) in [5, 5.41) is 20.2. The van der Waals surface area contributed by atoms with Crippen LogP contribution in [0.15, 0.2) is 24.3 Å². The molecule has 26 heavy (non-hydrogen) atoms. The zero-order chi connectivity index (χ0) is 18.5. The Morgan fingerprint density at radius 1 is 1.15 bits per heavy atom. The van der Waals surface area contributed by atoms with Crippen LogP contribution in [0, 0.1) is 5.41 Å². The summed E-state index contributed by atoms with van der Waals surface area (Å²) in [6, 6.07) is 7.93. The molecule has 0 aromatic heterocycles. The fourth-order valence-corrected chi connectivity index (χ4v) is 4.28. The van der Waals surface area contributed by atoms with Crippen LogP contribution >= 0.6 is 0 Å². The van der Waals surface area contributed by atoms with E-state index < -0.39 is 5.60 Å². The highest BCUT2D eigenvalue weighted by Gasteiger charge is 2.40. The average molecular weight is 363 g/mol. The number of unbranched alkanes of at least 4 members (excludes halogenated alkanes) is 1. The highest BCUT2D eigenvalue weighted by atomic mass is 16.7. The third-order valence-electron chi connectivity index (χ3n) is 6.25. The molecule has 4 heteroatoms. The summed E-state index contributed by atoms with van der Waals surface area (Å²) >= 11 is 0. The van der Waals surface area contributed by atoms with Crippen molar-refractivity contribution in [3.8, 4) is 5.75 Å². The topological polar surface area (TPSA) is 58.9 Å². The fourth-order valence-electron chi connectivity index (χ4n) is 4.28. The predicted octanol–water partition coefficient (Wildman–Crippen LogP) is 4.52. The summed E-state index contributed by atoms with van der Waals surface area (Å²) in [4.78, 5) is 0. The molecule has 4 nitrogen and oxygen atoms in total. The fraction of sp³-hybridized carbons (Fsp3) is 0.727. The molecule has 1 aromatic rings. The summed E-state index contributed by atoms with van der Waals surface area (Å²) in [6.45, 7) is 3.37. The molecular formula is C22H34O4. The first-order valence-corrected chi connectivity index (χ1v) is 10.3. The van der Waals surface area contributed by atoms with E-state index >= 15 is 0 Å². The van der Waals surface area contributed by atoms with Crippen molar-refractivity contribution in [1.29, 1.82) is 0 Å². The van der Waals surface area contributed by atoms with Crippen LogP contribution < -0.4 is 4.74 Å². The van der Waals surface area contributed by atoms with E-state index in [0.29, 0.717) is 0 Å². The van der Waals surface area contributed by atoms with Crippen molar-refractivity contribution in [2.24, 2.45) is 5.41 Å². The first-order valence-electron chi connectivity index (χ1n) is 10.3. The first-order chi connectivity index (χ1) is 12.5. The molecule has 0 bridgehead atoms. The molecule has 0 spiro atoms. The van der Waals surface area contributed by atoms with Gasteiger partial charge in [0.1, 0.15) is 5.75 Å². The first kappa shape index (κ1) is 19.7. The molecule has 1 saturated heterocycles. The van der Waals surface area contributed by atoms with Crippen LogP contribution in [0.25, 0.3) is 0 Å². The molecule has 2 fully saturated rings. The van der Waals surface area contributed by atoms with Crippen LogP contribution in [-0.2, 0) is 10.3 Å². The molecule has 146 valence electrons. The maximum atomic E-state index is 11.2. The lowest BCUT2D eigenvalue weighted by molar-refractivity contribution is -0.106. The Morgan fingerprint density at radius 3 is 2.65 bits per heavy atom. The molecule has 2 aliphatic rings. The van der Waals surface area contributed by atoms with Gasteiger partial charge in [-0.05, 0) is 74.5 Å². The van der Waals surface area contributed by atoms with E-state index in [4.69, 9.17) is 14.6 Å². The van der Waals surface area contributed by atoms with Crippen molar-refractivity contribution in [1.82, 2.24) is 0 Å². The van der Waals surface area contributed by atoms with E-state index in [1.54, 1.807) is 0 Å². The van der Waals surface area contributed by atoms with E-state index in [0.717, 1.165) is 82.1 Å². The van der Waals surface area contributed by atoms with E-state index in [1.807, 2.05) is 24.3 Å². The van der Waals surface area contributed by atoms with Gasteiger partial charge in [-0.1, -0.05) is 25.5 Å². The smallest absolute Gasteiger partial charge is 0.199 e. The minimum absolute atomic E-state index is 0.158. The summed E-state index contributed by atoms with van der Waals surface area (Å²) in [5.41, 5.74) is 0.484. The van der Waals surface area contributed by atoms with Gasteiger partial charge in [0.25, 0.3) is 0 Å². The second-order valence-electron chi connectivity index (χ2n) is 8.46. The van der Waals surface area contributed by atoms with Gasteiger partial charge in [-0.2, -0.15) is 0 Å². The molecule has 1 unspecified atom stereocenters. The van der Waals surface area contributed by atoms with E-state index in [1.165, 1.54) is 0 Å². The van der Waals surface area contributed by atoms with Crippen LogP contribution in [0.2, 0.25) is 0 Å². The van der Waals surface area contributed by atoms with Gasteiger partial charge in [0.2, 0.25) is 0 Å². The highest BCUT2D eigenvalue weighted by Crippen LogP contribution is 2.48. The van der Waals surface area contributed by atoms with Crippen LogP contribution in [-0.4, -0.2) is 29.7 Å². The monoisotopic (exact) mass is 362 g/mol. The maximum absolute atomic E-state index is 11.2. The number of aliphatic hydroxyl groups excluding tert-OH is 1. The summed E-state index contributed by atoms with van der Waals surface area (Å²) in [7, 11) is 0. The quantitative estimate of drug-likeness (QED) is 0.700. The average Bonchev–Trinajstić information content (AvgIpc) is 2.66.